The van der Waals surface area contributed by atoms with E-state index in [1.165, 1.54) is 6.33 Å². The molecule has 0 saturated carbocycles. The lowest BCUT2D eigenvalue weighted by Gasteiger charge is -2.21. The van der Waals surface area contributed by atoms with Crippen molar-refractivity contribution in [2.24, 2.45) is 0 Å². The molecule has 1 fully saturated rings. The van der Waals surface area contributed by atoms with Gasteiger partial charge in [0.2, 0.25) is 11.6 Å². The summed E-state index contributed by atoms with van der Waals surface area (Å²) in [5.74, 6) is 0.564. The first-order valence-corrected chi connectivity index (χ1v) is 8.71. The van der Waals surface area contributed by atoms with E-state index in [0.717, 1.165) is 44.3 Å². The smallest absolute Gasteiger partial charge is 0.351 e. The third kappa shape index (κ3) is 3.99. The van der Waals surface area contributed by atoms with Crippen LogP contribution in [0.1, 0.15) is 31.2 Å². The van der Waals surface area contributed by atoms with Crippen LogP contribution in [0.25, 0.3) is 0 Å². The molecule has 1 aliphatic heterocycles. The molecule has 7 nitrogen and oxygen atoms in total. The van der Waals surface area contributed by atoms with Crippen molar-refractivity contribution >= 4 is 34.6 Å². The third-order valence-electron chi connectivity index (χ3n) is 4.34. The first-order valence-electron chi connectivity index (χ1n) is 8.34. The van der Waals surface area contributed by atoms with Gasteiger partial charge in [-0.25, -0.2) is 9.97 Å². The normalized spacial score (nSPS) is 14.9. The molecule has 1 saturated heterocycles. The molecule has 1 aromatic heterocycles. The number of benzene rings is 1. The molecule has 1 aromatic carbocycles. The zero-order valence-electron chi connectivity index (χ0n) is 14.0. The summed E-state index contributed by atoms with van der Waals surface area (Å²) in [5, 5.41) is 15.4. The molecule has 1 N–H and O–H groups in total. The Morgan fingerprint density at radius 1 is 1.20 bits per heavy atom. The van der Waals surface area contributed by atoms with Gasteiger partial charge in [-0.05, 0) is 37.5 Å². The number of hydrogen-bond donors (Lipinski definition) is 1. The summed E-state index contributed by atoms with van der Waals surface area (Å²) in [4.78, 5) is 21.6. The van der Waals surface area contributed by atoms with Crippen molar-refractivity contribution in [1.29, 1.82) is 0 Å². The first kappa shape index (κ1) is 17.4. The lowest BCUT2D eigenvalue weighted by molar-refractivity contribution is -0.383. The first-order chi connectivity index (χ1) is 12.1. The van der Waals surface area contributed by atoms with Gasteiger partial charge in [-0.15, -0.1) is 0 Å². The standard InChI is InChI=1S/C17H20ClN5O2/c1-12-6-7-13(18)10-14(12)21-16-15(23(24)25)17(20-11-19-16)22-8-4-2-3-5-9-22/h6-7,10-11H,2-5,8-9H2,1H3,(H,19,20,21). The summed E-state index contributed by atoms with van der Waals surface area (Å²) in [6, 6.07) is 5.36. The molecule has 2 heterocycles. The molecule has 25 heavy (non-hydrogen) atoms. The van der Waals surface area contributed by atoms with Gasteiger partial charge in [0.15, 0.2) is 0 Å². The molecule has 2 aromatic rings. The highest BCUT2D eigenvalue weighted by molar-refractivity contribution is 6.30. The van der Waals surface area contributed by atoms with Gasteiger partial charge >= 0.3 is 5.69 Å². The minimum Gasteiger partial charge on any atom is -0.351 e. The second kappa shape index (κ2) is 7.65. The van der Waals surface area contributed by atoms with Crippen molar-refractivity contribution in [3.63, 3.8) is 0 Å². The van der Waals surface area contributed by atoms with Gasteiger partial charge in [0.05, 0.1) is 4.92 Å². The van der Waals surface area contributed by atoms with Gasteiger partial charge < -0.3 is 10.2 Å². The molecule has 1 aliphatic rings. The van der Waals surface area contributed by atoms with Crippen LogP contribution in [0.4, 0.5) is 23.0 Å². The maximum absolute atomic E-state index is 11.7. The Morgan fingerprint density at radius 2 is 1.92 bits per heavy atom. The number of anilines is 3. The van der Waals surface area contributed by atoms with Gasteiger partial charge in [-0.1, -0.05) is 30.5 Å². The highest BCUT2D eigenvalue weighted by Gasteiger charge is 2.27. The summed E-state index contributed by atoms with van der Waals surface area (Å²) in [6.07, 6.45) is 5.68. The maximum Gasteiger partial charge on any atom is 0.353 e. The molecular weight excluding hydrogens is 342 g/mol. The number of halogens is 1. The van der Waals surface area contributed by atoms with E-state index in [1.807, 2.05) is 17.9 Å². The largest absolute Gasteiger partial charge is 0.353 e. The Balaban J connectivity index is 2.00. The fourth-order valence-corrected chi connectivity index (χ4v) is 3.17. The van der Waals surface area contributed by atoms with Crippen LogP contribution in [-0.2, 0) is 0 Å². The van der Waals surface area contributed by atoms with Gasteiger partial charge in [0, 0.05) is 23.8 Å². The number of nitro groups is 1. The van der Waals surface area contributed by atoms with E-state index in [0.29, 0.717) is 16.5 Å². The van der Waals surface area contributed by atoms with Crippen LogP contribution in [0, 0.1) is 17.0 Å². The average molecular weight is 362 g/mol. The summed E-state index contributed by atoms with van der Waals surface area (Å²) < 4.78 is 0. The van der Waals surface area contributed by atoms with Crippen molar-refractivity contribution < 1.29 is 4.92 Å². The lowest BCUT2D eigenvalue weighted by Crippen LogP contribution is -2.26. The number of rotatable bonds is 4. The second-order valence-electron chi connectivity index (χ2n) is 6.14. The highest BCUT2D eigenvalue weighted by atomic mass is 35.5. The van der Waals surface area contributed by atoms with E-state index >= 15 is 0 Å². The average Bonchev–Trinajstić information content (AvgIpc) is 2.87. The number of hydrogen-bond acceptors (Lipinski definition) is 6. The predicted molar refractivity (Wildman–Crippen MR) is 98.8 cm³/mol. The van der Waals surface area contributed by atoms with E-state index < -0.39 is 4.92 Å². The topological polar surface area (TPSA) is 84.2 Å². The Hall–Kier alpha value is -2.41. The van der Waals surface area contributed by atoms with Crippen LogP contribution in [0.5, 0.6) is 0 Å². The molecule has 3 rings (SSSR count). The lowest BCUT2D eigenvalue weighted by atomic mass is 10.2. The van der Waals surface area contributed by atoms with Gasteiger partial charge in [-0.3, -0.25) is 10.1 Å². The third-order valence-corrected chi connectivity index (χ3v) is 4.58. The van der Waals surface area contributed by atoms with Gasteiger partial charge in [-0.2, -0.15) is 0 Å². The Bertz CT molecular complexity index is 776. The Labute approximate surface area is 151 Å². The number of nitrogens with zero attached hydrogens (tertiary/aromatic N) is 4. The molecule has 0 unspecified atom stereocenters. The summed E-state index contributed by atoms with van der Waals surface area (Å²) in [7, 11) is 0. The molecule has 0 bridgehead atoms. The van der Waals surface area contributed by atoms with Crippen LogP contribution >= 0.6 is 11.6 Å². The fraction of sp³-hybridized carbons (Fsp3) is 0.412. The zero-order valence-corrected chi connectivity index (χ0v) is 14.8. The van der Waals surface area contributed by atoms with Crippen LogP contribution in [0.2, 0.25) is 5.02 Å². The molecule has 132 valence electrons. The molecule has 0 amide bonds. The molecule has 0 atom stereocenters. The Kier molecular flexibility index (Phi) is 5.33. The number of nitrogens with one attached hydrogen (secondary N) is 1. The van der Waals surface area contributed by atoms with Crippen molar-refractivity contribution in [2.75, 3.05) is 23.3 Å². The molecular formula is C17H20ClN5O2. The SMILES string of the molecule is Cc1ccc(Cl)cc1Nc1ncnc(N2CCCCCC2)c1[N+](=O)[O-]. The zero-order chi connectivity index (χ0) is 17.8. The minimum absolute atomic E-state index is 0.0937. The number of aromatic nitrogens is 2. The monoisotopic (exact) mass is 361 g/mol. The number of aryl methyl sites for hydroxylation is 1. The van der Waals surface area contributed by atoms with E-state index in [4.69, 9.17) is 11.6 Å². The van der Waals surface area contributed by atoms with E-state index in [1.54, 1.807) is 12.1 Å². The summed E-state index contributed by atoms with van der Waals surface area (Å²) in [6.45, 7) is 3.45. The quantitative estimate of drug-likeness (QED) is 0.638. The van der Waals surface area contributed by atoms with E-state index in [-0.39, 0.29) is 11.5 Å². The van der Waals surface area contributed by atoms with Crippen molar-refractivity contribution in [3.8, 4) is 0 Å². The molecule has 0 radical (unpaired) electrons. The van der Waals surface area contributed by atoms with Gasteiger partial charge in [0.1, 0.15) is 6.33 Å². The van der Waals surface area contributed by atoms with Crippen LogP contribution < -0.4 is 10.2 Å². The predicted octanol–water partition coefficient (Wildman–Crippen LogP) is 4.47. The Morgan fingerprint density at radius 3 is 2.60 bits per heavy atom. The molecule has 8 heteroatoms. The van der Waals surface area contributed by atoms with E-state index in [9.17, 15) is 10.1 Å². The second-order valence-corrected chi connectivity index (χ2v) is 6.57. The molecule has 0 spiro atoms. The van der Waals surface area contributed by atoms with Crippen LogP contribution in [0.15, 0.2) is 24.5 Å². The van der Waals surface area contributed by atoms with Crippen LogP contribution in [0.3, 0.4) is 0 Å². The van der Waals surface area contributed by atoms with Crippen molar-refractivity contribution in [2.45, 2.75) is 32.6 Å². The van der Waals surface area contributed by atoms with Gasteiger partial charge in [0.25, 0.3) is 0 Å². The van der Waals surface area contributed by atoms with Crippen molar-refractivity contribution in [1.82, 2.24) is 9.97 Å². The highest BCUT2D eigenvalue weighted by Crippen LogP contribution is 2.35. The minimum atomic E-state index is -0.414. The summed E-state index contributed by atoms with van der Waals surface area (Å²) in [5.41, 5.74) is 1.52. The van der Waals surface area contributed by atoms with Crippen LogP contribution in [-0.4, -0.2) is 28.0 Å². The molecule has 0 aliphatic carbocycles. The van der Waals surface area contributed by atoms with E-state index in [2.05, 4.69) is 15.3 Å². The van der Waals surface area contributed by atoms with Crippen molar-refractivity contribution in [3.05, 3.63) is 45.2 Å². The fourth-order valence-electron chi connectivity index (χ4n) is 3.00. The maximum atomic E-state index is 11.7. The summed E-state index contributed by atoms with van der Waals surface area (Å²) >= 11 is 6.04.